The van der Waals surface area contributed by atoms with E-state index in [2.05, 4.69) is 42.5 Å². The van der Waals surface area contributed by atoms with Crippen molar-refractivity contribution < 1.29 is 41.9 Å². The van der Waals surface area contributed by atoms with Crippen LogP contribution in [0, 0.1) is 0 Å². The molecule has 2 aliphatic rings. The Morgan fingerprint density at radius 3 is 0.484 bits per heavy atom. The van der Waals surface area contributed by atoms with Gasteiger partial charge in [0.15, 0.2) is 0 Å². The van der Waals surface area contributed by atoms with Gasteiger partial charge in [-0.25, -0.2) is 0 Å². The van der Waals surface area contributed by atoms with Crippen LogP contribution in [0.5, 0.6) is 0 Å². The predicted molar refractivity (Wildman–Crippen MR) is 121 cm³/mol. The smallest absolute Gasteiger partial charge is 1.00 e. The molecule has 2 rings (SSSR count). The van der Waals surface area contributed by atoms with Crippen LogP contribution in [0.25, 0.3) is 0 Å². The molecule has 189 valence electrons. The van der Waals surface area contributed by atoms with Crippen LogP contribution in [0.1, 0.15) is 25.7 Å². The molecule has 0 saturated carbocycles. The van der Waals surface area contributed by atoms with Gasteiger partial charge in [0.05, 0.1) is 0 Å². The first-order valence-electron chi connectivity index (χ1n) is 11.7. The van der Waals surface area contributed by atoms with Gasteiger partial charge in [-0.15, -0.1) is 0 Å². The number of nitrogens with one attached hydrogen (secondary N) is 8. The Morgan fingerprint density at radius 1 is 0.226 bits per heavy atom. The second kappa shape index (κ2) is 33.0. The van der Waals surface area contributed by atoms with E-state index in [0.717, 1.165) is 105 Å². The fourth-order valence-corrected chi connectivity index (χ4v) is 3.06. The minimum atomic E-state index is 0. The molecule has 0 spiro atoms. The van der Waals surface area contributed by atoms with E-state index in [1.807, 2.05) is 0 Å². The Bertz CT molecular complexity index is 176. The number of hydrogen-bond donors (Lipinski definition) is 8. The molecule has 0 unspecified atom stereocenters. The summed E-state index contributed by atoms with van der Waals surface area (Å²) in [4.78, 5) is 0. The molecule has 0 amide bonds. The normalized spacial score (nSPS) is 21.7. The summed E-state index contributed by atoms with van der Waals surface area (Å²) >= 11 is 0. The van der Waals surface area contributed by atoms with E-state index in [9.17, 15) is 0 Å². The van der Waals surface area contributed by atoms with Crippen molar-refractivity contribution in [3.05, 3.63) is 0 Å². The summed E-state index contributed by atoms with van der Waals surface area (Å²) < 4.78 is 0. The molecule has 0 aromatic carbocycles. The van der Waals surface area contributed by atoms with Crippen molar-refractivity contribution in [3.63, 3.8) is 0 Å². The number of rotatable bonds is 0. The minimum Gasteiger partial charge on any atom is -1.00 e. The molecule has 11 heteroatoms. The molecule has 8 nitrogen and oxygen atoms in total. The Hall–Kier alpha value is 0.779. The van der Waals surface area contributed by atoms with Gasteiger partial charge < -0.3 is 67.3 Å². The van der Waals surface area contributed by atoms with Crippen LogP contribution in [0.15, 0.2) is 0 Å². The van der Waals surface area contributed by atoms with E-state index < -0.39 is 0 Å². The molecule has 31 heavy (non-hydrogen) atoms. The SMILES string of the molecule is C1CNCCNCCCNCCNC1.C1CNCCNCCCNCCNC1.[Cl-].[Cl-].[Mn+2]. The Morgan fingerprint density at radius 2 is 0.355 bits per heavy atom. The average Bonchev–Trinajstić information content (AvgIpc) is 2.72. The van der Waals surface area contributed by atoms with Crippen molar-refractivity contribution in [2.75, 3.05) is 105 Å². The monoisotopic (exact) mass is 525 g/mol. The van der Waals surface area contributed by atoms with E-state index in [4.69, 9.17) is 0 Å². The Labute approximate surface area is 214 Å². The van der Waals surface area contributed by atoms with Gasteiger partial charge in [0.1, 0.15) is 0 Å². The molecular weight excluding hydrogens is 478 g/mol. The van der Waals surface area contributed by atoms with Crippen LogP contribution >= 0.6 is 0 Å². The van der Waals surface area contributed by atoms with Gasteiger partial charge in [0, 0.05) is 52.4 Å². The first-order valence-corrected chi connectivity index (χ1v) is 11.7. The van der Waals surface area contributed by atoms with Crippen LogP contribution in [-0.4, -0.2) is 105 Å². The van der Waals surface area contributed by atoms with E-state index in [0.29, 0.717) is 0 Å². The zero-order valence-electron chi connectivity index (χ0n) is 19.3. The molecule has 1 radical (unpaired) electrons. The molecule has 2 heterocycles. The molecule has 0 aliphatic carbocycles. The van der Waals surface area contributed by atoms with Gasteiger partial charge in [0.2, 0.25) is 0 Å². The fourth-order valence-electron chi connectivity index (χ4n) is 3.06. The van der Waals surface area contributed by atoms with Crippen LogP contribution in [0.2, 0.25) is 0 Å². The zero-order chi connectivity index (χ0) is 19.8. The van der Waals surface area contributed by atoms with Crippen molar-refractivity contribution >= 4 is 0 Å². The second-order valence-corrected chi connectivity index (χ2v) is 7.41. The average molecular weight is 527 g/mol. The summed E-state index contributed by atoms with van der Waals surface area (Å²) in [6, 6.07) is 0. The fraction of sp³-hybridized carbons (Fsp3) is 1.00. The minimum absolute atomic E-state index is 0. The predicted octanol–water partition coefficient (Wildman–Crippen LogP) is -7.72. The summed E-state index contributed by atoms with van der Waals surface area (Å²) in [6.07, 6.45) is 4.89. The van der Waals surface area contributed by atoms with Crippen molar-refractivity contribution in [2.45, 2.75) is 25.7 Å². The van der Waals surface area contributed by atoms with Gasteiger partial charge in [-0.3, -0.25) is 0 Å². The molecule has 8 N–H and O–H groups in total. The molecule has 2 fully saturated rings. The van der Waals surface area contributed by atoms with E-state index in [-0.39, 0.29) is 41.9 Å². The topological polar surface area (TPSA) is 96.2 Å². The summed E-state index contributed by atoms with van der Waals surface area (Å²) in [7, 11) is 0. The molecular formula is C20H48Cl2MnN8. The van der Waals surface area contributed by atoms with Crippen molar-refractivity contribution in [1.29, 1.82) is 0 Å². The number of halogens is 2. The van der Waals surface area contributed by atoms with Gasteiger partial charge in [0.25, 0.3) is 0 Å². The summed E-state index contributed by atoms with van der Waals surface area (Å²) in [5.74, 6) is 0. The van der Waals surface area contributed by atoms with E-state index in [1.165, 1.54) is 25.7 Å². The summed E-state index contributed by atoms with van der Waals surface area (Å²) in [5, 5.41) is 27.4. The Balaban J connectivity index is -0.000000461. The van der Waals surface area contributed by atoms with Crippen LogP contribution in [-0.2, 0) is 17.1 Å². The molecule has 0 atom stereocenters. The van der Waals surface area contributed by atoms with Crippen molar-refractivity contribution in [1.82, 2.24) is 42.5 Å². The third kappa shape index (κ3) is 30.8. The zero-order valence-corrected chi connectivity index (χ0v) is 22.0. The molecule has 2 saturated heterocycles. The largest absolute Gasteiger partial charge is 2.00 e. The second-order valence-electron chi connectivity index (χ2n) is 7.41. The van der Waals surface area contributed by atoms with Crippen molar-refractivity contribution in [2.24, 2.45) is 0 Å². The third-order valence-electron chi connectivity index (χ3n) is 4.74. The van der Waals surface area contributed by atoms with Crippen LogP contribution in [0.4, 0.5) is 0 Å². The number of hydrogen-bond acceptors (Lipinski definition) is 8. The van der Waals surface area contributed by atoms with Gasteiger partial charge >= 0.3 is 17.1 Å². The molecule has 0 aromatic heterocycles. The molecule has 2 aliphatic heterocycles. The van der Waals surface area contributed by atoms with Crippen LogP contribution < -0.4 is 67.3 Å². The van der Waals surface area contributed by atoms with E-state index >= 15 is 0 Å². The third-order valence-corrected chi connectivity index (χ3v) is 4.74. The molecule has 0 aromatic rings. The summed E-state index contributed by atoms with van der Waals surface area (Å²) in [5.41, 5.74) is 0. The van der Waals surface area contributed by atoms with E-state index in [1.54, 1.807) is 0 Å². The molecule has 0 bridgehead atoms. The maximum atomic E-state index is 3.42. The Kier molecular flexibility index (Phi) is 38.6. The maximum absolute atomic E-state index is 3.42. The van der Waals surface area contributed by atoms with Crippen molar-refractivity contribution in [3.8, 4) is 0 Å². The van der Waals surface area contributed by atoms with Gasteiger partial charge in [-0.1, -0.05) is 0 Å². The van der Waals surface area contributed by atoms with Gasteiger partial charge in [-0.05, 0) is 78.0 Å². The van der Waals surface area contributed by atoms with Gasteiger partial charge in [-0.2, -0.15) is 0 Å². The quantitative estimate of drug-likeness (QED) is 0.148. The summed E-state index contributed by atoms with van der Waals surface area (Å²) in [6.45, 7) is 17.7. The maximum Gasteiger partial charge on any atom is 2.00 e. The standard InChI is InChI=1S/2C10H24N4.2ClH.Mn/c2*1-3-11-7-9-13-5-2-6-14-10-8-12-4-1;;;/h2*11-14H,1-10H2;2*1H;/q;;;;+2/p-2. The van der Waals surface area contributed by atoms with Crippen LogP contribution in [0.3, 0.4) is 0 Å². The first kappa shape index (κ1) is 36.3. The first-order chi connectivity index (χ1) is 14.0.